The summed E-state index contributed by atoms with van der Waals surface area (Å²) in [6.45, 7) is 1.33. The molecule has 0 radical (unpaired) electrons. The van der Waals surface area contributed by atoms with Crippen molar-refractivity contribution in [3.63, 3.8) is 0 Å². The molecule has 2 aromatic rings. The summed E-state index contributed by atoms with van der Waals surface area (Å²) < 4.78 is 5.57. The van der Waals surface area contributed by atoms with E-state index < -0.39 is 0 Å². The van der Waals surface area contributed by atoms with Crippen LogP contribution in [0.25, 0.3) is 0 Å². The van der Waals surface area contributed by atoms with Crippen LogP contribution in [0.5, 0.6) is 5.75 Å². The van der Waals surface area contributed by atoms with Gasteiger partial charge < -0.3 is 15.4 Å². The van der Waals surface area contributed by atoms with Gasteiger partial charge in [-0.3, -0.25) is 4.79 Å². The third-order valence-corrected chi connectivity index (χ3v) is 6.79. The second-order valence-corrected chi connectivity index (χ2v) is 8.45. The number of rotatable bonds is 5. The number of nitrogens with one attached hydrogen (secondary N) is 2. The van der Waals surface area contributed by atoms with E-state index in [1.807, 2.05) is 11.6 Å². The van der Waals surface area contributed by atoms with Crippen molar-refractivity contribution in [1.29, 1.82) is 0 Å². The van der Waals surface area contributed by atoms with Crippen LogP contribution in [0, 0.1) is 5.41 Å². The van der Waals surface area contributed by atoms with Gasteiger partial charge in [-0.25, -0.2) is 4.98 Å². The van der Waals surface area contributed by atoms with Crippen LogP contribution in [0.15, 0.2) is 29.1 Å². The van der Waals surface area contributed by atoms with Crippen LogP contribution in [0.3, 0.4) is 0 Å². The molecule has 2 N–H and O–H groups in total. The molecular formula is C20H24ClN3O2S. The first kappa shape index (κ1) is 18.7. The lowest BCUT2D eigenvalue weighted by Crippen LogP contribution is -2.49. The molecule has 144 valence electrons. The van der Waals surface area contributed by atoms with Crippen LogP contribution in [-0.4, -0.2) is 29.6 Å². The predicted octanol–water partition coefficient (Wildman–Crippen LogP) is 2.87. The average Bonchev–Trinajstić information content (AvgIpc) is 3.43. The summed E-state index contributed by atoms with van der Waals surface area (Å²) in [7, 11) is 0. The van der Waals surface area contributed by atoms with Crippen molar-refractivity contribution >= 4 is 29.7 Å². The van der Waals surface area contributed by atoms with Crippen molar-refractivity contribution in [2.75, 3.05) is 6.61 Å². The molecular weight excluding hydrogens is 382 g/mol. The number of carbonyl (C=O) groups excluding carboxylic acids is 1. The first-order valence-corrected chi connectivity index (χ1v) is 10.3. The van der Waals surface area contributed by atoms with E-state index in [2.05, 4.69) is 33.1 Å². The molecule has 1 amide bonds. The Hall–Kier alpha value is -1.63. The topological polar surface area (TPSA) is 63.2 Å². The third-order valence-electron chi connectivity index (χ3n) is 6.16. The Labute approximate surface area is 169 Å². The zero-order valence-corrected chi connectivity index (χ0v) is 16.7. The minimum atomic E-state index is -0.364. The third kappa shape index (κ3) is 3.35. The smallest absolute Gasteiger partial charge is 0.228 e. The minimum absolute atomic E-state index is 0. The Balaban J connectivity index is 0.00000180. The molecule has 0 aliphatic carbocycles. The molecule has 3 aliphatic heterocycles. The van der Waals surface area contributed by atoms with Crippen LogP contribution < -0.4 is 15.4 Å². The number of fused-ring (bicyclic) bond motifs is 3. The van der Waals surface area contributed by atoms with Crippen molar-refractivity contribution in [2.24, 2.45) is 5.41 Å². The lowest BCUT2D eigenvalue weighted by atomic mass is 9.70. The van der Waals surface area contributed by atoms with Crippen molar-refractivity contribution < 1.29 is 9.53 Å². The van der Waals surface area contributed by atoms with Gasteiger partial charge >= 0.3 is 0 Å². The van der Waals surface area contributed by atoms with E-state index in [4.69, 9.17) is 4.74 Å². The molecule has 5 rings (SSSR count). The Kier molecular flexibility index (Phi) is 5.14. The second kappa shape index (κ2) is 7.41. The number of ether oxygens (including phenoxy) is 1. The molecule has 0 spiro atoms. The summed E-state index contributed by atoms with van der Waals surface area (Å²) in [4.78, 5) is 17.7. The number of thiazole rings is 1. The van der Waals surface area contributed by atoms with Gasteiger partial charge in [-0.1, -0.05) is 12.1 Å². The zero-order valence-electron chi connectivity index (χ0n) is 15.1. The highest BCUT2D eigenvalue weighted by molar-refractivity contribution is 7.07. The summed E-state index contributed by atoms with van der Waals surface area (Å²) in [5, 5.41) is 8.94. The summed E-state index contributed by atoms with van der Waals surface area (Å²) >= 11 is 1.60. The maximum absolute atomic E-state index is 13.3. The van der Waals surface area contributed by atoms with Gasteiger partial charge in [-0.05, 0) is 36.5 Å². The normalized spacial score (nSPS) is 27.7. The van der Waals surface area contributed by atoms with E-state index in [1.165, 1.54) is 12.0 Å². The van der Waals surface area contributed by atoms with Gasteiger partial charge in [0.25, 0.3) is 0 Å². The molecule has 2 bridgehead atoms. The maximum Gasteiger partial charge on any atom is 0.228 e. The number of halogens is 1. The van der Waals surface area contributed by atoms with Gasteiger partial charge in [0.2, 0.25) is 5.91 Å². The van der Waals surface area contributed by atoms with E-state index in [1.54, 1.807) is 11.3 Å². The standard InChI is InChI=1S/C20H23N3O2S.ClH/c24-19(21-10-13-1-3-17-14(7-13)5-6-25-17)20(9-16-11-26-12-22-16)8-15-2-4-18(20)23-15;/h1,3,7,11-12,15,18,23H,2,4-6,8-10H2,(H,21,24);1H/t15-,18+,20-;/m0./s1. The van der Waals surface area contributed by atoms with Crippen molar-refractivity contribution in [3.8, 4) is 5.75 Å². The average molecular weight is 406 g/mol. The number of nitrogens with zero attached hydrogens (tertiary/aromatic N) is 1. The van der Waals surface area contributed by atoms with E-state index in [0.29, 0.717) is 12.6 Å². The lowest BCUT2D eigenvalue weighted by molar-refractivity contribution is -0.132. The molecule has 3 atom stereocenters. The summed E-state index contributed by atoms with van der Waals surface area (Å²) in [5.41, 5.74) is 4.91. The lowest BCUT2D eigenvalue weighted by Gasteiger charge is -2.34. The van der Waals surface area contributed by atoms with Gasteiger partial charge in [0.15, 0.2) is 0 Å². The maximum atomic E-state index is 13.3. The van der Waals surface area contributed by atoms with Gasteiger partial charge in [0.1, 0.15) is 5.75 Å². The summed E-state index contributed by atoms with van der Waals surface area (Å²) in [6.07, 6.45) is 4.87. The molecule has 1 aromatic carbocycles. The van der Waals surface area contributed by atoms with E-state index in [9.17, 15) is 4.79 Å². The predicted molar refractivity (Wildman–Crippen MR) is 108 cm³/mol. The fourth-order valence-corrected chi connectivity index (χ4v) is 5.44. The van der Waals surface area contributed by atoms with Gasteiger partial charge in [0, 0.05) is 36.9 Å². The highest BCUT2D eigenvalue weighted by atomic mass is 35.5. The molecule has 0 saturated carbocycles. The molecule has 4 heterocycles. The monoisotopic (exact) mass is 405 g/mol. The highest BCUT2D eigenvalue weighted by Crippen LogP contribution is 2.46. The SMILES string of the molecule is Cl.O=C(NCc1ccc2c(c1)CCO2)[C@]1(Cc2cscn2)C[C@@H]2CC[C@H]1N2. The molecule has 0 unspecified atom stereocenters. The van der Waals surface area contributed by atoms with Gasteiger partial charge in [-0.15, -0.1) is 23.7 Å². The number of hydrogen-bond donors (Lipinski definition) is 2. The number of hydrogen-bond acceptors (Lipinski definition) is 5. The molecule has 2 fully saturated rings. The van der Waals surface area contributed by atoms with Crippen LogP contribution >= 0.6 is 23.7 Å². The molecule has 7 heteroatoms. The highest BCUT2D eigenvalue weighted by Gasteiger charge is 2.55. The number of benzene rings is 1. The number of carbonyl (C=O) groups is 1. The van der Waals surface area contributed by atoms with Crippen LogP contribution in [0.1, 0.15) is 36.1 Å². The van der Waals surface area contributed by atoms with Crippen molar-refractivity contribution in [3.05, 3.63) is 45.9 Å². The minimum Gasteiger partial charge on any atom is -0.493 e. The Morgan fingerprint density at radius 3 is 3.07 bits per heavy atom. The Morgan fingerprint density at radius 1 is 1.41 bits per heavy atom. The van der Waals surface area contributed by atoms with E-state index >= 15 is 0 Å². The first-order valence-electron chi connectivity index (χ1n) is 9.39. The number of amides is 1. The van der Waals surface area contributed by atoms with Crippen molar-refractivity contribution in [2.45, 2.75) is 50.7 Å². The zero-order chi connectivity index (χ0) is 17.6. The first-order chi connectivity index (χ1) is 12.7. The van der Waals surface area contributed by atoms with E-state index in [0.717, 1.165) is 49.3 Å². The quantitative estimate of drug-likeness (QED) is 0.802. The molecule has 27 heavy (non-hydrogen) atoms. The number of aromatic nitrogens is 1. The van der Waals surface area contributed by atoms with Crippen LogP contribution in [-0.2, 0) is 24.2 Å². The molecule has 2 saturated heterocycles. The summed E-state index contributed by atoms with van der Waals surface area (Å²) in [6, 6.07) is 6.98. The fraction of sp³-hybridized carbons (Fsp3) is 0.500. The van der Waals surface area contributed by atoms with Crippen molar-refractivity contribution in [1.82, 2.24) is 15.6 Å². The molecule has 5 nitrogen and oxygen atoms in total. The Bertz CT molecular complexity index is 829. The van der Waals surface area contributed by atoms with Gasteiger partial charge in [-0.2, -0.15) is 0 Å². The van der Waals surface area contributed by atoms with Crippen LogP contribution in [0.2, 0.25) is 0 Å². The Morgan fingerprint density at radius 2 is 2.33 bits per heavy atom. The molecule has 3 aliphatic rings. The van der Waals surface area contributed by atoms with Crippen LogP contribution in [0.4, 0.5) is 0 Å². The molecule has 1 aromatic heterocycles. The second-order valence-electron chi connectivity index (χ2n) is 7.73. The van der Waals surface area contributed by atoms with E-state index in [-0.39, 0.29) is 29.8 Å². The van der Waals surface area contributed by atoms with Gasteiger partial charge in [0.05, 0.1) is 23.2 Å². The summed E-state index contributed by atoms with van der Waals surface area (Å²) in [5.74, 6) is 1.15. The fourth-order valence-electron chi connectivity index (χ4n) is 4.88. The largest absolute Gasteiger partial charge is 0.493 e.